The van der Waals surface area contributed by atoms with Gasteiger partial charge in [-0.1, -0.05) is 0 Å². The van der Waals surface area contributed by atoms with Gasteiger partial charge in [0.15, 0.2) is 14.9 Å². The van der Waals surface area contributed by atoms with Crippen LogP contribution in [0.2, 0.25) is 0 Å². The van der Waals surface area contributed by atoms with Gasteiger partial charge in [0.2, 0.25) is 0 Å². The van der Waals surface area contributed by atoms with Gasteiger partial charge in [0, 0.05) is 12.6 Å². The first-order chi connectivity index (χ1) is 6.89. The topological polar surface area (TPSA) is 58.2 Å². The number of hydrogen-bond acceptors (Lipinski definition) is 3. The third-order valence-electron chi connectivity index (χ3n) is 2.30. The van der Waals surface area contributed by atoms with E-state index in [0.29, 0.717) is 29.2 Å². The number of rotatable bonds is 3. The van der Waals surface area contributed by atoms with Crippen LogP contribution in [0.15, 0.2) is 0 Å². The summed E-state index contributed by atoms with van der Waals surface area (Å²) in [6.45, 7) is 4.67. The SMILES string of the molecule is CC(C)NC(=S)NC[C@@H]1CCS(=O)(=O)C1. The molecule has 0 aromatic rings. The van der Waals surface area contributed by atoms with E-state index in [9.17, 15) is 8.42 Å². The average molecular weight is 250 g/mol. The van der Waals surface area contributed by atoms with E-state index < -0.39 is 9.84 Å². The van der Waals surface area contributed by atoms with Crippen LogP contribution in [0.1, 0.15) is 20.3 Å². The molecular formula is C9H18N2O2S2. The van der Waals surface area contributed by atoms with E-state index in [-0.39, 0.29) is 5.92 Å². The normalized spacial score (nSPS) is 24.1. The summed E-state index contributed by atoms with van der Waals surface area (Å²) in [5.41, 5.74) is 0. The summed E-state index contributed by atoms with van der Waals surface area (Å²) in [5, 5.41) is 6.71. The van der Waals surface area contributed by atoms with Crippen molar-refractivity contribution in [3.8, 4) is 0 Å². The van der Waals surface area contributed by atoms with Crippen molar-refractivity contribution < 1.29 is 8.42 Å². The number of nitrogens with one attached hydrogen (secondary N) is 2. The molecule has 6 heteroatoms. The van der Waals surface area contributed by atoms with Crippen molar-refractivity contribution in [3.63, 3.8) is 0 Å². The Morgan fingerprint density at radius 2 is 2.20 bits per heavy atom. The molecular weight excluding hydrogens is 232 g/mol. The van der Waals surface area contributed by atoms with Crippen molar-refractivity contribution in [1.29, 1.82) is 0 Å². The van der Waals surface area contributed by atoms with Gasteiger partial charge in [0.25, 0.3) is 0 Å². The summed E-state index contributed by atoms with van der Waals surface area (Å²) < 4.78 is 22.4. The number of hydrogen-bond donors (Lipinski definition) is 2. The maximum atomic E-state index is 11.2. The van der Waals surface area contributed by atoms with E-state index in [2.05, 4.69) is 10.6 Å². The van der Waals surface area contributed by atoms with Crippen molar-refractivity contribution in [2.24, 2.45) is 5.92 Å². The number of sulfone groups is 1. The van der Waals surface area contributed by atoms with Gasteiger partial charge in [-0.05, 0) is 38.4 Å². The van der Waals surface area contributed by atoms with Crippen molar-refractivity contribution >= 4 is 27.2 Å². The van der Waals surface area contributed by atoms with Crippen molar-refractivity contribution in [2.45, 2.75) is 26.3 Å². The molecule has 88 valence electrons. The molecule has 1 atom stereocenters. The van der Waals surface area contributed by atoms with Gasteiger partial charge in [0.05, 0.1) is 11.5 Å². The van der Waals surface area contributed by atoms with E-state index in [4.69, 9.17) is 12.2 Å². The van der Waals surface area contributed by atoms with E-state index >= 15 is 0 Å². The zero-order valence-electron chi connectivity index (χ0n) is 9.12. The lowest BCUT2D eigenvalue weighted by Gasteiger charge is -2.15. The summed E-state index contributed by atoms with van der Waals surface area (Å²) in [6.07, 6.45) is 0.750. The largest absolute Gasteiger partial charge is 0.362 e. The summed E-state index contributed by atoms with van der Waals surface area (Å²) >= 11 is 5.05. The Hall–Kier alpha value is -0.360. The standard InChI is InChI=1S/C9H18N2O2S2/c1-7(2)11-9(14)10-5-8-3-4-15(12,13)6-8/h7-8H,3-6H2,1-2H3,(H2,10,11,14)/t8-/m0/s1. The van der Waals surface area contributed by atoms with Crippen molar-refractivity contribution in [3.05, 3.63) is 0 Å². The minimum absolute atomic E-state index is 0.210. The lowest BCUT2D eigenvalue weighted by Crippen LogP contribution is -2.41. The van der Waals surface area contributed by atoms with Crippen LogP contribution in [0, 0.1) is 5.92 Å². The van der Waals surface area contributed by atoms with Crippen LogP contribution in [0.5, 0.6) is 0 Å². The maximum absolute atomic E-state index is 11.2. The predicted molar refractivity (Wildman–Crippen MR) is 65.6 cm³/mol. The maximum Gasteiger partial charge on any atom is 0.166 e. The zero-order valence-corrected chi connectivity index (χ0v) is 10.7. The first-order valence-electron chi connectivity index (χ1n) is 5.14. The molecule has 0 aliphatic carbocycles. The Bertz CT molecular complexity index is 325. The molecule has 4 nitrogen and oxygen atoms in total. The molecule has 2 N–H and O–H groups in total. The molecule has 1 aliphatic rings. The highest BCUT2D eigenvalue weighted by atomic mass is 32.2. The average Bonchev–Trinajstić information content (AvgIpc) is 2.41. The van der Waals surface area contributed by atoms with Gasteiger partial charge in [-0.2, -0.15) is 0 Å². The molecule has 0 aromatic carbocycles. The minimum atomic E-state index is -2.77. The van der Waals surface area contributed by atoms with Crippen LogP contribution < -0.4 is 10.6 Å². The van der Waals surface area contributed by atoms with Crippen LogP contribution in [0.4, 0.5) is 0 Å². The summed E-state index contributed by atoms with van der Waals surface area (Å²) in [6, 6.07) is 0.303. The highest BCUT2D eigenvalue weighted by Gasteiger charge is 2.27. The highest BCUT2D eigenvalue weighted by molar-refractivity contribution is 7.91. The molecule has 0 spiro atoms. The fourth-order valence-electron chi connectivity index (χ4n) is 1.58. The molecule has 1 saturated heterocycles. The third kappa shape index (κ3) is 4.79. The first-order valence-corrected chi connectivity index (χ1v) is 7.37. The van der Waals surface area contributed by atoms with E-state index in [1.165, 1.54) is 0 Å². The van der Waals surface area contributed by atoms with E-state index in [1.807, 2.05) is 13.8 Å². The molecule has 0 saturated carbocycles. The Morgan fingerprint density at radius 3 is 2.67 bits per heavy atom. The van der Waals surface area contributed by atoms with Gasteiger partial charge in [-0.25, -0.2) is 8.42 Å². The lowest BCUT2D eigenvalue weighted by molar-refractivity contribution is 0.567. The summed E-state index contributed by atoms with van der Waals surface area (Å²) in [5.74, 6) is 0.829. The monoisotopic (exact) mass is 250 g/mol. The molecule has 0 amide bonds. The van der Waals surface area contributed by atoms with Crippen molar-refractivity contribution in [1.82, 2.24) is 10.6 Å². The molecule has 1 heterocycles. The summed E-state index contributed by atoms with van der Waals surface area (Å²) in [7, 11) is -2.77. The van der Waals surface area contributed by atoms with Crippen LogP contribution in [-0.4, -0.2) is 37.6 Å². The molecule has 0 radical (unpaired) electrons. The Labute approximate surface area is 96.7 Å². The van der Waals surface area contributed by atoms with Crippen LogP contribution in [-0.2, 0) is 9.84 Å². The highest BCUT2D eigenvalue weighted by Crippen LogP contribution is 2.17. The Kier molecular flexibility index (Phi) is 4.33. The predicted octanol–water partition coefficient (Wildman–Crippen LogP) is 0.294. The van der Waals surface area contributed by atoms with Gasteiger partial charge < -0.3 is 10.6 Å². The van der Waals surface area contributed by atoms with E-state index in [0.717, 1.165) is 6.42 Å². The molecule has 0 bridgehead atoms. The van der Waals surface area contributed by atoms with Crippen LogP contribution in [0.25, 0.3) is 0 Å². The smallest absolute Gasteiger partial charge is 0.166 e. The Morgan fingerprint density at radius 1 is 1.53 bits per heavy atom. The molecule has 1 aliphatic heterocycles. The van der Waals surface area contributed by atoms with Gasteiger partial charge in [-0.3, -0.25) is 0 Å². The molecule has 15 heavy (non-hydrogen) atoms. The fraction of sp³-hybridized carbons (Fsp3) is 0.889. The van der Waals surface area contributed by atoms with Gasteiger partial charge in [0.1, 0.15) is 0 Å². The second kappa shape index (κ2) is 5.12. The van der Waals surface area contributed by atoms with Gasteiger partial charge in [-0.15, -0.1) is 0 Å². The quantitative estimate of drug-likeness (QED) is 0.705. The zero-order chi connectivity index (χ0) is 11.5. The molecule has 0 unspecified atom stereocenters. The van der Waals surface area contributed by atoms with Gasteiger partial charge >= 0.3 is 0 Å². The van der Waals surface area contributed by atoms with Crippen LogP contribution >= 0.6 is 12.2 Å². The second-order valence-electron chi connectivity index (χ2n) is 4.28. The first kappa shape index (κ1) is 12.7. The minimum Gasteiger partial charge on any atom is -0.362 e. The number of thiocarbonyl (C=S) groups is 1. The lowest BCUT2D eigenvalue weighted by atomic mass is 10.1. The summed E-state index contributed by atoms with van der Waals surface area (Å²) in [4.78, 5) is 0. The molecule has 1 rings (SSSR count). The van der Waals surface area contributed by atoms with Crippen molar-refractivity contribution in [2.75, 3.05) is 18.1 Å². The van der Waals surface area contributed by atoms with Crippen LogP contribution in [0.3, 0.4) is 0 Å². The fourth-order valence-corrected chi connectivity index (χ4v) is 3.76. The second-order valence-corrected chi connectivity index (χ2v) is 6.92. The molecule has 0 aromatic heterocycles. The Balaban J connectivity index is 2.24. The van der Waals surface area contributed by atoms with E-state index in [1.54, 1.807) is 0 Å². The molecule has 1 fully saturated rings. The third-order valence-corrected chi connectivity index (χ3v) is 4.40.